The van der Waals surface area contributed by atoms with Crippen molar-refractivity contribution in [3.05, 3.63) is 88.9 Å². The van der Waals surface area contributed by atoms with E-state index in [9.17, 15) is 27.5 Å². The molecule has 10 heteroatoms. The molecule has 37 heavy (non-hydrogen) atoms. The van der Waals surface area contributed by atoms with E-state index in [4.69, 9.17) is 5.41 Å². The van der Waals surface area contributed by atoms with E-state index in [1.54, 1.807) is 31.2 Å². The average Bonchev–Trinajstić information content (AvgIpc) is 2.82. The summed E-state index contributed by atoms with van der Waals surface area (Å²) in [5.74, 6) is -2.10. The van der Waals surface area contributed by atoms with Crippen LogP contribution >= 0.6 is 0 Å². The fourth-order valence-electron chi connectivity index (χ4n) is 3.90. The lowest BCUT2D eigenvalue weighted by Gasteiger charge is -2.17. The first-order chi connectivity index (χ1) is 17.4. The molecule has 0 fully saturated rings. The molecule has 0 aliphatic carbocycles. The molecule has 4 aromatic rings. The Hall–Kier alpha value is -4.34. The summed E-state index contributed by atoms with van der Waals surface area (Å²) in [6, 6.07) is 13.4. The van der Waals surface area contributed by atoms with Crippen molar-refractivity contribution >= 4 is 22.5 Å². The number of aromatic nitrogens is 2. The van der Waals surface area contributed by atoms with E-state index in [-0.39, 0.29) is 29.3 Å². The van der Waals surface area contributed by atoms with Crippen LogP contribution in [0, 0.1) is 18.2 Å². The number of alkyl halides is 3. The van der Waals surface area contributed by atoms with E-state index >= 15 is 0 Å². The molecular weight excluding hydrogens is 488 g/mol. The molecule has 0 radical (unpaired) electrons. The van der Waals surface area contributed by atoms with Crippen LogP contribution in [0.25, 0.3) is 22.3 Å². The Bertz CT molecular complexity index is 1520. The molecule has 0 aliphatic heterocycles. The van der Waals surface area contributed by atoms with Crippen LogP contribution in [-0.4, -0.2) is 32.7 Å². The molecule has 190 valence electrons. The van der Waals surface area contributed by atoms with Gasteiger partial charge in [0, 0.05) is 23.4 Å². The van der Waals surface area contributed by atoms with Crippen molar-refractivity contribution in [2.24, 2.45) is 0 Å². The number of aromatic hydroxyl groups is 1. The number of phenolic OH excluding ortho intramolecular Hbond substituents is 1. The van der Waals surface area contributed by atoms with E-state index in [2.05, 4.69) is 15.3 Å². The van der Waals surface area contributed by atoms with Gasteiger partial charge in [-0.1, -0.05) is 24.3 Å². The zero-order valence-corrected chi connectivity index (χ0v) is 19.8. The number of carbonyl (C=O) groups excluding carboxylic acids is 1. The largest absolute Gasteiger partial charge is 0.507 e. The molecule has 0 aliphatic rings. The molecule has 0 spiro atoms. The lowest BCUT2D eigenvalue weighted by atomic mass is 10.0. The second-order valence-corrected chi connectivity index (χ2v) is 8.68. The SMILES string of the molecule is Cc1ccc2c(C(=N)C[C@@H](C)NC(=O)c3ccc(C(F)(F)F)c(F)c3)nc(-c3ccccc3O)nc2c1. The van der Waals surface area contributed by atoms with E-state index in [1.165, 1.54) is 6.07 Å². The lowest BCUT2D eigenvalue weighted by Crippen LogP contribution is -2.34. The number of nitrogens with one attached hydrogen (secondary N) is 2. The third kappa shape index (κ3) is 5.58. The summed E-state index contributed by atoms with van der Waals surface area (Å²) < 4.78 is 52.3. The molecule has 1 heterocycles. The van der Waals surface area contributed by atoms with Crippen LogP contribution in [0.15, 0.2) is 60.7 Å². The zero-order chi connectivity index (χ0) is 26.9. The number of carbonyl (C=O) groups is 1. The second-order valence-electron chi connectivity index (χ2n) is 8.68. The Morgan fingerprint density at radius 3 is 2.49 bits per heavy atom. The Kier molecular flexibility index (Phi) is 6.93. The van der Waals surface area contributed by atoms with Gasteiger partial charge in [0.1, 0.15) is 11.6 Å². The normalized spacial score (nSPS) is 12.4. The highest BCUT2D eigenvalue weighted by molar-refractivity contribution is 6.08. The van der Waals surface area contributed by atoms with Crippen LogP contribution in [0.1, 0.15) is 40.5 Å². The molecule has 1 amide bonds. The first kappa shape index (κ1) is 25.7. The summed E-state index contributed by atoms with van der Waals surface area (Å²) in [6.45, 7) is 3.51. The van der Waals surface area contributed by atoms with E-state index in [1.807, 2.05) is 19.1 Å². The number of rotatable bonds is 6. The van der Waals surface area contributed by atoms with Gasteiger partial charge in [0.15, 0.2) is 5.82 Å². The first-order valence-corrected chi connectivity index (χ1v) is 11.3. The van der Waals surface area contributed by atoms with Gasteiger partial charge in [0.05, 0.1) is 28.0 Å². The Labute approximate surface area is 209 Å². The van der Waals surface area contributed by atoms with E-state index in [0.717, 1.165) is 11.6 Å². The van der Waals surface area contributed by atoms with Crippen LogP contribution in [-0.2, 0) is 6.18 Å². The van der Waals surface area contributed by atoms with Gasteiger partial charge in [-0.2, -0.15) is 13.2 Å². The first-order valence-electron chi connectivity index (χ1n) is 11.3. The summed E-state index contributed by atoms with van der Waals surface area (Å²) in [6.07, 6.45) is -4.84. The molecule has 6 nitrogen and oxygen atoms in total. The van der Waals surface area contributed by atoms with Gasteiger partial charge >= 0.3 is 6.18 Å². The predicted octanol–water partition coefficient (Wildman–Crippen LogP) is 6.05. The number of nitrogens with zero attached hydrogens (tertiary/aromatic N) is 2. The van der Waals surface area contributed by atoms with Crippen molar-refractivity contribution in [2.45, 2.75) is 32.5 Å². The van der Waals surface area contributed by atoms with Crippen molar-refractivity contribution in [1.82, 2.24) is 15.3 Å². The molecule has 0 saturated carbocycles. The summed E-state index contributed by atoms with van der Waals surface area (Å²) in [7, 11) is 0. The van der Waals surface area contributed by atoms with Gasteiger partial charge in [-0.25, -0.2) is 14.4 Å². The number of benzene rings is 3. The third-order valence-corrected chi connectivity index (χ3v) is 5.71. The number of halogens is 4. The monoisotopic (exact) mass is 510 g/mol. The van der Waals surface area contributed by atoms with Crippen LogP contribution < -0.4 is 5.32 Å². The van der Waals surface area contributed by atoms with Crippen molar-refractivity contribution in [1.29, 1.82) is 5.41 Å². The Morgan fingerprint density at radius 1 is 1.08 bits per heavy atom. The molecule has 3 aromatic carbocycles. The maximum absolute atomic E-state index is 13.9. The summed E-state index contributed by atoms with van der Waals surface area (Å²) in [4.78, 5) is 21.6. The highest BCUT2D eigenvalue weighted by Gasteiger charge is 2.34. The lowest BCUT2D eigenvalue weighted by molar-refractivity contribution is -0.140. The minimum Gasteiger partial charge on any atom is -0.507 e. The van der Waals surface area contributed by atoms with E-state index in [0.29, 0.717) is 34.3 Å². The van der Waals surface area contributed by atoms with Crippen LogP contribution in [0.4, 0.5) is 17.6 Å². The maximum atomic E-state index is 13.9. The van der Waals surface area contributed by atoms with Crippen LogP contribution in [0.5, 0.6) is 5.75 Å². The smallest absolute Gasteiger partial charge is 0.419 e. The van der Waals surface area contributed by atoms with Crippen LogP contribution in [0.3, 0.4) is 0 Å². The van der Waals surface area contributed by atoms with Gasteiger partial charge in [0.2, 0.25) is 0 Å². The number of hydrogen-bond donors (Lipinski definition) is 3. The molecular formula is C27H22F4N4O2. The second kappa shape index (κ2) is 9.96. The summed E-state index contributed by atoms with van der Waals surface area (Å²) in [5.41, 5.74) is 0.565. The van der Waals surface area contributed by atoms with Gasteiger partial charge in [-0.05, 0) is 55.8 Å². The number of fused-ring (bicyclic) bond motifs is 1. The van der Waals surface area contributed by atoms with Gasteiger partial charge in [0.25, 0.3) is 5.91 Å². The molecule has 1 atom stereocenters. The maximum Gasteiger partial charge on any atom is 0.419 e. The molecule has 1 aromatic heterocycles. The number of para-hydroxylation sites is 1. The van der Waals surface area contributed by atoms with Gasteiger partial charge in [-0.15, -0.1) is 0 Å². The fourth-order valence-corrected chi connectivity index (χ4v) is 3.90. The van der Waals surface area contributed by atoms with Crippen molar-refractivity contribution < 1.29 is 27.5 Å². The number of phenols is 1. The van der Waals surface area contributed by atoms with Crippen molar-refractivity contribution in [2.75, 3.05) is 0 Å². The number of hydrogen-bond acceptors (Lipinski definition) is 5. The minimum atomic E-state index is -4.87. The quantitative estimate of drug-likeness (QED) is 0.217. The molecule has 3 N–H and O–H groups in total. The zero-order valence-electron chi connectivity index (χ0n) is 19.8. The molecule has 0 saturated heterocycles. The summed E-state index contributed by atoms with van der Waals surface area (Å²) in [5, 5.41) is 22.2. The third-order valence-electron chi connectivity index (χ3n) is 5.71. The van der Waals surface area contributed by atoms with E-state index < -0.39 is 29.5 Å². The predicted molar refractivity (Wildman–Crippen MR) is 131 cm³/mol. The molecule has 4 rings (SSSR count). The summed E-state index contributed by atoms with van der Waals surface area (Å²) >= 11 is 0. The standard InChI is InChI=1S/C27H22F4N4O2/c1-14-7-9-17-22(11-14)34-25(18-5-3-4-6-23(18)36)35-24(17)21(32)12-15(2)33-26(37)16-8-10-19(20(28)13-16)27(29,30)31/h3-11,13,15,32,36H,12H2,1-2H3,(H,33,37)/t15-/m1/s1. The average molecular weight is 510 g/mol. The highest BCUT2D eigenvalue weighted by Crippen LogP contribution is 2.32. The number of amides is 1. The van der Waals surface area contributed by atoms with Crippen molar-refractivity contribution in [3.63, 3.8) is 0 Å². The topological polar surface area (TPSA) is 99.0 Å². The molecule has 0 unspecified atom stereocenters. The highest BCUT2D eigenvalue weighted by atomic mass is 19.4. The van der Waals surface area contributed by atoms with Crippen LogP contribution in [0.2, 0.25) is 0 Å². The Balaban J connectivity index is 1.59. The Morgan fingerprint density at radius 2 is 1.81 bits per heavy atom. The minimum absolute atomic E-state index is 0.0172. The number of aryl methyl sites for hydroxylation is 1. The van der Waals surface area contributed by atoms with Crippen molar-refractivity contribution in [3.8, 4) is 17.1 Å². The fraction of sp³-hybridized carbons (Fsp3) is 0.185. The van der Waals surface area contributed by atoms with Gasteiger partial charge < -0.3 is 15.8 Å². The molecule has 0 bridgehead atoms. The van der Waals surface area contributed by atoms with Gasteiger partial charge in [-0.3, -0.25) is 4.79 Å².